The van der Waals surface area contributed by atoms with Gasteiger partial charge < -0.3 is 10.7 Å². The molecule has 0 amide bonds. The number of halogens is 1. The maximum atomic E-state index is 11.6. The lowest BCUT2D eigenvalue weighted by Crippen LogP contribution is -2.28. The van der Waals surface area contributed by atoms with Crippen molar-refractivity contribution in [1.29, 1.82) is 0 Å². The number of hydrogen-bond acceptors (Lipinski definition) is 2. The van der Waals surface area contributed by atoms with Gasteiger partial charge in [-0.3, -0.25) is 4.57 Å². The van der Waals surface area contributed by atoms with Gasteiger partial charge in [0.1, 0.15) is 0 Å². The highest BCUT2D eigenvalue weighted by Crippen LogP contribution is 2.20. The summed E-state index contributed by atoms with van der Waals surface area (Å²) in [6.45, 7) is 2.31. The molecule has 0 bridgehead atoms. The van der Waals surface area contributed by atoms with Gasteiger partial charge in [-0.25, -0.2) is 4.79 Å². The molecule has 1 heterocycles. The van der Waals surface area contributed by atoms with E-state index >= 15 is 0 Å². The molecule has 4 nitrogen and oxygen atoms in total. The van der Waals surface area contributed by atoms with Gasteiger partial charge in [-0.05, 0) is 19.1 Å². The molecule has 0 aliphatic rings. The van der Waals surface area contributed by atoms with Crippen molar-refractivity contribution in [2.75, 3.05) is 0 Å². The summed E-state index contributed by atoms with van der Waals surface area (Å²) in [5.74, 6) is 0. The summed E-state index contributed by atoms with van der Waals surface area (Å²) in [6, 6.07) is 5.30. The standard InChI is InChI=1S/C10H12ClN3O/c1-6(12)5-14-9-7(11)3-2-4-8(9)13-10(14)15/h2-4,6H,5,12H2,1H3,(H,13,15). The van der Waals surface area contributed by atoms with E-state index in [-0.39, 0.29) is 11.7 Å². The summed E-state index contributed by atoms with van der Waals surface area (Å²) in [5, 5.41) is 0.562. The molecule has 0 fully saturated rings. The molecule has 0 saturated carbocycles. The fourth-order valence-electron chi connectivity index (χ4n) is 1.64. The summed E-state index contributed by atoms with van der Waals surface area (Å²) in [6.07, 6.45) is 0. The summed E-state index contributed by atoms with van der Waals surface area (Å²) >= 11 is 6.04. The zero-order valence-corrected chi connectivity index (χ0v) is 9.08. The summed E-state index contributed by atoms with van der Waals surface area (Å²) in [4.78, 5) is 14.4. The molecule has 2 rings (SSSR count). The van der Waals surface area contributed by atoms with E-state index < -0.39 is 0 Å². The number of nitrogens with one attached hydrogen (secondary N) is 1. The lowest BCUT2D eigenvalue weighted by atomic mass is 10.3. The van der Waals surface area contributed by atoms with Crippen LogP contribution < -0.4 is 11.4 Å². The van der Waals surface area contributed by atoms with Gasteiger partial charge >= 0.3 is 5.69 Å². The van der Waals surface area contributed by atoms with Gasteiger partial charge in [-0.15, -0.1) is 0 Å². The van der Waals surface area contributed by atoms with Gasteiger partial charge in [-0.2, -0.15) is 0 Å². The highest BCUT2D eigenvalue weighted by Gasteiger charge is 2.10. The number of nitrogens with zero attached hydrogens (tertiary/aromatic N) is 1. The molecule has 0 aliphatic heterocycles. The van der Waals surface area contributed by atoms with Gasteiger partial charge in [0.05, 0.1) is 16.1 Å². The topological polar surface area (TPSA) is 63.8 Å². The van der Waals surface area contributed by atoms with E-state index in [2.05, 4.69) is 4.98 Å². The molecule has 1 aromatic carbocycles. The van der Waals surface area contributed by atoms with E-state index in [1.54, 1.807) is 16.7 Å². The molecule has 80 valence electrons. The molecule has 5 heteroatoms. The molecular formula is C10H12ClN3O. The van der Waals surface area contributed by atoms with Crippen LogP contribution in [0.15, 0.2) is 23.0 Å². The van der Waals surface area contributed by atoms with Crippen LogP contribution in [0.3, 0.4) is 0 Å². The van der Waals surface area contributed by atoms with Gasteiger partial charge in [0, 0.05) is 12.6 Å². The molecule has 0 aliphatic carbocycles. The second kappa shape index (κ2) is 3.72. The Kier molecular flexibility index (Phi) is 2.54. The first-order valence-electron chi connectivity index (χ1n) is 4.72. The number of aromatic nitrogens is 2. The first-order chi connectivity index (χ1) is 7.09. The Balaban J connectivity index is 2.71. The third kappa shape index (κ3) is 1.78. The summed E-state index contributed by atoms with van der Waals surface area (Å²) < 4.78 is 1.57. The molecule has 15 heavy (non-hydrogen) atoms. The maximum absolute atomic E-state index is 11.6. The number of rotatable bonds is 2. The van der Waals surface area contributed by atoms with Crippen molar-refractivity contribution in [3.05, 3.63) is 33.7 Å². The fourth-order valence-corrected chi connectivity index (χ4v) is 1.91. The minimum Gasteiger partial charge on any atom is -0.326 e. The average Bonchev–Trinajstić information content (AvgIpc) is 2.43. The van der Waals surface area contributed by atoms with Crippen molar-refractivity contribution in [2.45, 2.75) is 19.5 Å². The normalized spacial score (nSPS) is 13.3. The van der Waals surface area contributed by atoms with Crippen LogP contribution in [0, 0.1) is 0 Å². The molecule has 1 unspecified atom stereocenters. The van der Waals surface area contributed by atoms with Crippen LogP contribution in [0.2, 0.25) is 5.02 Å². The van der Waals surface area contributed by atoms with Crippen LogP contribution in [-0.4, -0.2) is 15.6 Å². The molecule has 0 spiro atoms. The van der Waals surface area contributed by atoms with E-state index in [0.29, 0.717) is 11.6 Å². The quantitative estimate of drug-likeness (QED) is 0.810. The predicted octanol–water partition coefficient (Wildman–Crippen LogP) is 1.33. The maximum Gasteiger partial charge on any atom is 0.326 e. The Labute approximate surface area is 91.7 Å². The van der Waals surface area contributed by atoms with Crippen LogP contribution >= 0.6 is 11.6 Å². The average molecular weight is 226 g/mol. The second-order valence-electron chi connectivity index (χ2n) is 3.65. The Bertz CT molecular complexity index is 541. The molecule has 2 aromatic rings. The molecule has 0 saturated heterocycles. The minimum atomic E-state index is -0.171. The Morgan fingerprint density at radius 1 is 1.60 bits per heavy atom. The van der Waals surface area contributed by atoms with Crippen molar-refractivity contribution >= 4 is 22.6 Å². The van der Waals surface area contributed by atoms with Crippen molar-refractivity contribution in [3.8, 4) is 0 Å². The Morgan fingerprint density at radius 2 is 2.33 bits per heavy atom. The highest BCUT2D eigenvalue weighted by molar-refractivity contribution is 6.34. The van der Waals surface area contributed by atoms with Crippen LogP contribution in [0.25, 0.3) is 11.0 Å². The lowest BCUT2D eigenvalue weighted by molar-refractivity contribution is 0.588. The number of aromatic amines is 1. The number of fused-ring (bicyclic) bond motifs is 1. The van der Waals surface area contributed by atoms with Crippen molar-refractivity contribution in [2.24, 2.45) is 5.73 Å². The van der Waals surface area contributed by atoms with Crippen LogP contribution in [0.4, 0.5) is 0 Å². The van der Waals surface area contributed by atoms with E-state index in [4.69, 9.17) is 17.3 Å². The van der Waals surface area contributed by atoms with Crippen LogP contribution in [0.5, 0.6) is 0 Å². The number of para-hydroxylation sites is 1. The number of imidazole rings is 1. The van der Waals surface area contributed by atoms with Crippen molar-refractivity contribution < 1.29 is 0 Å². The highest BCUT2D eigenvalue weighted by atomic mass is 35.5. The number of hydrogen-bond donors (Lipinski definition) is 2. The van der Waals surface area contributed by atoms with E-state index in [1.165, 1.54) is 0 Å². The van der Waals surface area contributed by atoms with Gasteiger partial charge in [0.25, 0.3) is 0 Å². The molecule has 1 aromatic heterocycles. The monoisotopic (exact) mass is 225 g/mol. The molecule has 0 radical (unpaired) electrons. The number of H-pyrrole nitrogens is 1. The largest absolute Gasteiger partial charge is 0.326 e. The summed E-state index contributed by atoms with van der Waals surface area (Å²) in [5.41, 5.74) is 6.97. The van der Waals surface area contributed by atoms with Crippen molar-refractivity contribution in [3.63, 3.8) is 0 Å². The SMILES string of the molecule is CC(N)Cn1c(=O)[nH]c2cccc(Cl)c21. The molecule has 3 N–H and O–H groups in total. The molecule has 1 atom stereocenters. The van der Waals surface area contributed by atoms with Gasteiger partial charge in [0.2, 0.25) is 0 Å². The van der Waals surface area contributed by atoms with Crippen LogP contribution in [-0.2, 0) is 6.54 Å². The fraction of sp³-hybridized carbons (Fsp3) is 0.300. The number of nitrogens with two attached hydrogens (primary N) is 1. The first-order valence-corrected chi connectivity index (χ1v) is 5.10. The zero-order valence-electron chi connectivity index (χ0n) is 8.33. The van der Waals surface area contributed by atoms with Gasteiger partial charge in [-0.1, -0.05) is 17.7 Å². The predicted molar refractivity (Wildman–Crippen MR) is 61.2 cm³/mol. The second-order valence-corrected chi connectivity index (χ2v) is 4.06. The summed E-state index contributed by atoms with van der Waals surface area (Å²) in [7, 11) is 0. The zero-order chi connectivity index (χ0) is 11.0. The smallest absolute Gasteiger partial charge is 0.326 e. The Morgan fingerprint density at radius 3 is 3.00 bits per heavy atom. The first kappa shape index (κ1) is 10.3. The third-order valence-electron chi connectivity index (χ3n) is 2.21. The minimum absolute atomic E-state index is 0.0852. The number of benzene rings is 1. The van der Waals surface area contributed by atoms with E-state index in [9.17, 15) is 4.79 Å². The lowest BCUT2D eigenvalue weighted by Gasteiger charge is -2.06. The molecular weight excluding hydrogens is 214 g/mol. The van der Waals surface area contributed by atoms with E-state index in [1.807, 2.05) is 13.0 Å². The third-order valence-corrected chi connectivity index (χ3v) is 2.52. The Hall–Kier alpha value is -1.26. The van der Waals surface area contributed by atoms with Crippen molar-refractivity contribution in [1.82, 2.24) is 9.55 Å². The van der Waals surface area contributed by atoms with Crippen LogP contribution in [0.1, 0.15) is 6.92 Å². The van der Waals surface area contributed by atoms with Gasteiger partial charge in [0.15, 0.2) is 0 Å². The van der Waals surface area contributed by atoms with E-state index in [0.717, 1.165) is 11.0 Å².